The van der Waals surface area contributed by atoms with Crippen molar-refractivity contribution in [1.82, 2.24) is 4.72 Å². The highest BCUT2D eigenvalue weighted by Gasteiger charge is 2.26. The van der Waals surface area contributed by atoms with Crippen LogP contribution in [0, 0.1) is 0 Å². The second kappa shape index (κ2) is 6.10. The van der Waals surface area contributed by atoms with Gasteiger partial charge >= 0.3 is 0 Å². The molecule has 0 fully saturated rings. The van der Waals surface area contributed by atoms with Crippen molar-refractivity contribution in [2.75, 3.05) is 19.5 Å². The van der Waals surface area contributed by atoms with Crippen LogP contribution >= 0.6 is 0 Å². The Balaban J connectivity index is 2.10. The highest BCUT2D eigenvalue weighted by atomic mass is 32.2. The number of ether oxygens (including phenoxy) is 1. The van der Waals surface area contributed by atoms with Crippen molar-refractivity contribution in [3.63, 3.8) is 0 Å². The van der Waals surface area contributed by atoms with Crippen LogP contribution in [-0.4, -0.2) is 28.5 Å². The zero-order valence-corrected chi connectivity index (χ0v) is 14.0. The summed E-state index contributed by atoms with van der Waals surface area (Å²) in [6, 6.07) is 11.8. The van der Waals surface area contributed by atoms with E-state index in [0.29, 0.717) is 22.6 Å². The van der Waals surface area contributed by atoms with Gasteiger partial charge in [0.25, 0.3) is 5.91 Å². The van der Waals surface area contributed by atoms with Gasteiger partial charge in [-0.3, -0.25) is 4.79 Å². The van der Waals surface area contributed by atoms with Crippen molar-refractivity contribution >= 4 is 33.3 Å². The van der Waals surface area contributed by atoms with Gasteiger partial charge in [-0.15, -0.1) is 0 Å². The summed E-state index contributed by atoms with van der Waals surface area (Å²) in [6.45, 7) is 0. The van der Waals surface area contributed by atoms with Crippen LogP contribution in [0.5, 0.6) is 5.75 Å². The lowest BCUT2D eigenvalue weighted by Gasteiger charge is -2.05. The van der Waals surface area contributed by atoms with E-state index in [1.54, 1.807) is 25.3 Å². The molecule has 0 saturated heterocycles. The lowest BCUT2D eigenvalue weighted by molar-refractivity contribution is -0.110. The number of methoxy groups -OCH3 is 1. The quantitative estimate of drug-likeness (QED) is 0.832. The summed E-state index contributed by atoms with van der Waals surface area (Å²) in [4.78, 5) is 12.4. The van der Waals surface area contributed by atoms with Gasteiger partial charge in [0.1, 0.15) is 5.75 Å². The Bertz CT molecular complexity index is 949. The topological polar surface area (TPSA) is 84.5 Å². The van der Waals surface area contributed by atoms with Crippen molar-refractivity contribution < 1.29 is 17.9 Å². The molecule has 124 valence electrons. The van der Waals surface area contributed by atoms with Gasteiger partial charge in [-0.25, -0.2) is 13.1 Å². The molecule has 0 saturated carbocycles. The first-order valence-corrected chi connectivity index (χ1v) is 8.68. The molecule has 3 rings (SSSR count). The largest absolute Gasteiger partial charge is 0.497 e. The van der Waals surface area contributed by atoms with Gasteiger partial charge in [-0.1, -0.05) is 12.1 Å². The number of carbonyl (C=O) groups is 1. The zero-order chi connectivity index (χ0) is 17.3. The summed E-state index contributed by atoms with van der Waals surface area (Å²) in [7, 11) is -0.666. The van der Waals surface area contributed by atoms with Gasteiger partial charge in [0.2, 0.25) is 10.0 Å². The minimum Gasteiger partial charge on any atom is -0.497 e. The lowest BCUT2D eigenvalue weighted by atomic mass is 10.0. The van der Waals surface area contributed by atoms with E-state index in [1.807, 2.05) is 18.2 Å². The van der Waals surface area contributed by atoms with Crippen molar-refractivity contribution in [2.24, 2.45) is 0 Å². The number of nitrogens with one attached hydrogen (secondary N) is 2. The fourth-order valence-corrected chi connectivity index (χ4v) is 3.25. The van der Waals surface area contributed by atoms with Crippen LogP contribution in [0.4, 0.5) is 5.69 Å². The molecule has 0 radical (unpaired) electrons. The van der Waals surface area contributed by atoms with E-state index >= 15 is 0 Å². The summed E-state index contributed by atoms with van der Waals surface area (Å²) in [5.41, 5.74) is 2.34. The van der Waals surface area contributed by atoms with Crippen LogP contribution in [0.25, 0.3) is 11.6 Å². The summed E-state index contributed by atoms with van der Waals surface area (Å²) in [5.74, 6) is 0.404. The molecule has 0 aromatic heterocycles. The number of hydrogen-bond acceptors (Lipinski definition) is 4. The maximum Gasteiger partial charge on any atom is 0.256 e. The fourth-order valence-electron chi connectivity index (χ4n) is 2.49. The lowest BCUT2D eigenvalue weighted by Crippen LogP contribution is -2.18. The van der Waals surface area contributed by atoms with E-state index in [-0.39, 0.29) is 10.8 Å². The minimum atomic E-state index is -3.58. The average Bonchev–Trinajstić information content (AvgIpc) is 2.90. The first-order chi connectivity index (χ1) is 11.4. The maximum atomic E-state index is 12.2. The molecule has 2 aromatic carbocycles. The predicted octanol–water partition coefficient (Wildman–Crippen LogP) is 2.10. The molecule has 1 amide bonds. The highest BCUT2D eigenvalue weighted by molar-refractivity contribution is 7.89. The van der Waals surface area contributed by atoms with E-state index < -0.39 is 10.0 Å². The Kier molecular flexibility index (Phi) is 4.13. The number of sulfonamides is 1. The van der Waals surface area contributed by atoms with Crippen molar-refractivity contribution in [3.05, 3.63) is 53.6 Å². The van der Waals surface area contributed by atoms with E-state index in [1.165, 1.54) is 19.2 Å². The Morgan fingerprint density at radius 3 is 2.67 bits per heavy atom. The van der Waals surface area contributed by atoms with Gasteiger partial charge in [0, 0.05) is 16.8 Å². The van der Waals surface area contributed by atoms with E-state index in [9.17, 15) is 13.2 Å². The van der Waals surface area contributed by atoms with Crippen LogP contribution in [0.3, 0.4) is 0 Å². The number of hydrogen-bond donors (Lipinski definition) is 2. The second-order valence-corrected chi connectivity index (χ2v) is 7.09. The number of rotatable bonds is 4. The monoisotopic (exact) mass is 344 g/mol. The van der Waals surface area contributed by atoms with Gasteiger partial charge in [-0.05, 0) is 49.0 Å². The first kappa shape index (κ1) is 16.2. The number of amides is 1. The minimum absolute atomic E-state index is 0.108. The molecule has 0 aliphatic carbocycles. The van der Waals surface area contributed by atoms with Gasteiger partial charge in [-0.2, -0.15) is 0 Å². The molecular weight excluding hydrogens is 328 g/mol. The van der Waals surface area contributed by atoms with E-state index in [4.69, 9.17) is 4.74 Å². The van der Waals surface area contributed by atoms with Crippen LogP contribution in [0.1, 0.15) is 11.1 Å². The molecule has 1 aliphatic heterocycles. The van der Waals surface area contributed by atoms with Gasteiger partial charge < -0.3 is 10.1 Å². The molecule has 2 aromatic rings. The summed E-state index contributed by atoms with van der Waals surface area (Å²) in [6.07, 6.45) is 1.71. The molecule has 24 heavy (non-hydrogen) atoms. The second-order valence-electron chi connectivity index (χ2n) is 5.20. The first-order valence-electron chi connectivity index (χ1n) is 7.19. The van der Waals surface area contributed by atoms with E-state index in [2.05, 4.69) is 10.0 Å². The molecule has 6 nitrogen and oxygen atoms in total. The normalized spacial score (nSPS) is 15.2. The van der Waals surface area contributed by atoms with Crippen molar-refractivity contribution in [1.29, 1.82) is 0 Å². The number of carbonyl (C=O) groups excluding carboxylic acids is 1. The van der Waals surface area contributed by atoms with Crippen LogP contribution in [0.2, 0.25) is 0 Å². The molecule has 1 heterocycles. The smallest absolute Gasteiger partial charge is 0.256 e. The average molecular weight is 344 g/mol. The molecule has 7 heteroatoms. The third-order valence-corrected chi connectivity index (χ3v) is 5.17. The summed E-state index contributed by atoms with van der Waals surface area (Å²) >= 11 is 0. The highest BCUT2D eigenvalue weighted by Crippen LogP contribution is 2.35. The Morgan fingerprint density at radius 1 is 1.17 bits per heavy atom. The van der Waals surface area contributed by atoms with Gasteiger partial charge in [0.15, 0.2) is 0 Å². The Hall–Kier alpha value is -2.64. The van der Waals surface area contributed by atoms with Crippen LogP contribution in [-0.2, 0) is 14.8 Å². The van der Waals surface area contributed by atoms with Gasteiger partial charge in [0.05, 0.1) is 12.0 Å². The summed E-state index contributed by atoms with van der Waals surface area (Å²) < 4.78 is 31.4. The predicted molar refractivity (Wildman–Crippen MR) is 92.2 cm³/mol. The third-order valence-electron chi connectivity index (χ3n) is 3.76. The molecule has 0 unspecified atom stereocenters. The SMILES string of the molecule is CNS(=O)(=O)c1ccc2c(c1)C(=Cc1cccc(OC)c1)C(=O)N2. The van der Waals surface area contributed by atoms with Crippen LogP contribution < -0.4 is 14.8 Å². The fraction of sp³-hybridized carbons (Fsp3) is 0.118. The molecule has 1 aliphatic rings. The van der Waals surface area contributed by atoms with Crippen molar-refractivity contribution in [2.45, 2.75) is 4.90 Å². The summed E-state index contributed by atoms with van der Waals surface area (Å²) in [5, 5.41) is 2.74. The van der Waals surface area contributed by atoms with Crippen molar-refractivity contribution in [3.8, 4) is 5.75 Å². The van der Waals surface area contributed by atoms with Crippen LogP contribution in [0.15, 0.2) is 47.4 Å². The molecular formula is C17H16N2O4S. The van der Waals surface area contributed by atoms with E-state index in [0.717, 1.165) is 5.56 Å². The number of fused-ring (bicyclic) bond motifs is 1. The molecule has 2 N–H and O–H groups in total. The Labute approximate surface area is 140 Å². The molecule has 0 spiro atoms. The zero-order valence-electron chi connectivity index (χ0n) is 13.2. The number of anilines is 1. The molecule has 0 atom stereocenters. The number of benzene rings is 2. The standard InChI is InChI=1S/C17H16N2O4S/c1-18-24(21,22)13-6-7-16-14(10-13)15(17(20)19-16)9-11-4-3-5-12(8-11)23-2/h3-10,18H,1-2H3,(H,19,20). The third kappa shape index (κ3) is 2.91. The maximum absolute atomic E-state index is 12.2. The molecule has 0 bridgehead atoms. The Morgan fingerprint density at radius 2 is 1.96 bits per heavy atom.